The van der Waals surface area contributed by atoms with Crippen molar-refractivity contribution in [3.63, 3.8) is 0 Å². The van der Waals surface area contributed by atoms with Crippen molar-refractivity contribution in [2.45, 2.75) is 18.9 Å². The first-order chi connectivity index (χ1) is 15.2. The summed E-state index contributed by atoms with van der Waals surface area (Å²) in [6.07, 6.45) is 5.17. The number of benzene rings is 2. The lowest BCUT2D eigenvalue weighted by atomic mass is 9.95. The number of fused-ring (bicyclic) bond motifs is 1. The van der Waals surface area contributed by atoms with Crippen molar-refractivity contribution < 1.29 is 9.21 Å². The van der Waals surface area contributed by atoms with Gasteiger partial charge < -0.3 is 19.2 Å². The Labute approximate surface area is 180 Å². The number of imidazole rings is 1. The number of amides is 1. The molecular formula is C24H25N5O2. The summed E-state index contributed by atoms with van der Waals surface area (Å²) < 4.78 is 7.84. The third kappa shape index (κ3) is 3.91. The molecule has 2 aromatic carbocycles. The number of carbonyl (C=O) groups excluding carboxylic acids is 1. The van der Waals surface area contributed by atoms with E-state index in [1.54, 1.807) is 6.20 Å². The smallest absolute Gasteiger partial charge is 0.298 e. The lowest BCUT2D eigenvalue weighted by Crippen LogP contribution is -2.42. The molecule has 1 N–H and O–H groups in total. The molecule has 3 heterocycles. The van der Waals surface area contributed by atoms with E-state index in [0.717, 1.165) is 48.4 Å². The van der Waals surface area contributed by atoms with Gasteiger partial charge in [0.2, 0.25) is 5.91 Å². The lowest BCUT2D eigenvalue weighted by molar-refractivity contribution is -0.126. The van der Waals surface area contributed by atoms with E-state index in [1.807, 2.05) is 72.4 Å². The molecule has 1 atom stereocenters. The molecule has 1 aliphatic heterocycles. The van der Waals surface area contributed by atoms with Gasteiger partial charge in [-0.25, -0.2) is 4.98 Å². The third-order valence-electron chi connectivity index (χ3n) is 5.96. The van der Waals surface area contributed by atoms with Gasteiger partial charge in [-0.3, -0.25) is 4.79 Å². The Kier molecular flexibility index (Phi) is 5.16. The zero-order valence-corrected chi connectivity index (χ0v) is 17.4. The highest BCUT2D eigenvalue weighted by atomic mass is 16.4. The normalized spacial score (nSPS) is 15.8. The van der Waals surface area contributed by atoms with Gasteiger partial charge in [0.1, 0.15) is 17.4 Å². The summed E-state index contributed by atoms with van der Waals surface area (Å²) in [4.78, 5) is 24.4. The molecule has 1 fully saturated rings. The van der Waals surface area contributed by atoms with Crippen LogP contribution in [0.2, 0.25) is 0 Å². The fraction of sp³-hybridized carbons (Fsp3) is 0.292. The molecule has 5 rings (SSSR count). The maximum absolute atomic E-state index is 13.2. The molecule has 31 heavy (non-hydrogen) atoms. The van der Waals surface area contributed by atoms with Crippen LogP contribution in [0.4, 0.5) is 6.01 Å². The van der Waals surface area contributed by atoms with Crippen molar-refractivity contribution in [1.82, 2.24) is 19.9 Å². The van der Waals surface area contributed by atoms with Crippen LogP contribution in [0.1, 0.15) is 30.3 Å². The molecular weight excluding hydrogens is 390 g/mol. The molecule has 0 saturated carbocycles. The van der Waals surface area contributed by atoms with Gasteiger partial charge in [0.25, 0.3) is 6.01 Å². The largest absolute Gasteiger partial charge is 0.423 e. The van der Waals surface area contributed by atoms with Crippen LogP contribution in [-0.2, 0) is 11.8 Å². The first-order valence-corrected chi connectivity index (χ1v) is 10.6. The van der Waals surface area contributed by atoms with Crippen LogP contribution < -0.4 is 10.2 Å². The quantitative estimate of drug-likeness (QED) is 0.538. The predicted molar refractivity (Wildman–Crippen MR) is 119 cm³/mol. The number of anilines is 1. The van der Waals surface area contributed by atoms with Gasteiger partial charge in [-0.05, 0) is 30.5 Å². The van der Waals surface area contributed by atoms with E-state index in [1.165, 1.54) is 0 Å². The Hall–Kier alpha value is -3.61. The number of nitrogens with one attached hydrogen (secondary N) is 1. The van der Waals surface area contributed by atoms with Gasteiger partial charge in [-0.1, -0.05) is 42.5 Å². The van der Waals surface area contributed by atoms with Gasteiger partial charge in [-0.15, -0.1) is 0 Å². The molecule has 7 nitrogen and oxygen atoms in total. The molecule has 0 spiro atoms. The van der Waals surface area contributed by atoms with Crippen molar-refractivity contribution in [3.8, 4) is 0 Å². The second-order valence-corrected chi connectivity index (χ2v) is 7.97. The Morgan fingerprint density at radius 3 is 2.55 bits per heavy atom. The van der Waals surface area contributed by atoms with E-state index < -0.39 is 0 Å². The number of hydrogen-bond donors (Lipinski definition) is 1. The Morgan fingerprint density at radius 2 is 1.84 bits per heavy atom. The Bertz CT molecular complexity index is 1140. The third-order valence-corrected chi connectivity index (χ3v) is 5.96. The van der Waals surface area contributed by atoms with Crippen LogP contribution in [-0.4, -0.2) is 33.5 Å². The minimum atomic E-state index is -0.274. The summed E-state index contributed by atoms with van der Waals surface area (Å²) in [5.74, 6) is 0.838. The number of rotatable bonds is 5. The molecule has 4 aromatic rings. The molecule has 0 aliphatic carbocycles. The van der Waals surface area contributed by atoms with E-state index in [9.17, 15) is 4.79 Å². The number of piperidine rings is 1. The molecule has 1 amide bonds. The molecule has 1 saturated heterocycles. The minimum absolute atomic E-state index is 0.0490. The fourth-order valence-electron chi connectivity index (χ4n) is 4.19. The molecule has 7 heteroatoms. The van der Waals surface area contributed by atoms with Gasteiger partial charge >= 0.3 is 0 Å². The zero-order chi connectivity index (χ0) is 21.2. The number of hydrogen-bond acceptors (Lipinski definition) is 5. The van der Waals surface area contributed by atoms with E-state index in [4.69, 9.17) is 4.42 Å². The molecule has 1 aliphatic rings. The standard InChI is InChI=1S/C24H25N5O2/c1-28-16-13-25-22(28)21(17-7-3-2-4-8-17)27-23(30)18-11-14-29(15-12-18)24-26-19-9-5-6-10-20(19)31-24/h2-10,13,16,18,21H,11-12,14-15H2,1H3,(H,27,30). The van der Waals surface area contributed by atoms with Crippen molar-refractivity contribution in [2.75, 3.05) is 18.0 Å². The summed E-state index contributed by atoms with van der Waals surface area (Å²) >= 11 is 0. The van der Waals surface area contributed by atoms with Gasteiger partial charge in [0.15, 0.2) is 5.58 Å². The van der Waals surface area contributed by atoms with E-state index in [-0.39, 0.29) is 17.9 Å². The predicted octanol–water partition coefficient (Wildman–Crippen LogP) is 3.68. The highest BCUT2D eigenvalue weighted by Gasteiger charge is 2.30. The first kappa shape index (κ1) is 19.4. The fourth-order valence-corrected chi connectivity index (χ4v) is 4.19. The van der Waals surface area contributed by atoms with Crippen LogP contribution >= 0.6 is 0 Å². The van der Waals surface area contributed by atoms with E-state index in [0.29, 0.717) is 6.01 Å². The second kappa shape index (κ2) is 8.26. The monoisotopic (exact) mass is 415 g/mol. The maximum atomic E-state index is 13.2. The van der Waals surface area contributed by atoms with Crippen LogP contribution in [0, 0.1) is 5.92 Å². The summed E-state index contributed by atoms with van der Waals surface area (Å²) in [6, 6.07) is 18.1. The highest BCUT2D eigenvalue weighted by Crippen LogP contribution is 2.27. The SMILES string of the molecule is Cn1ccnc1C(NC(=O)C1CCN(c2nc3ccccc3o2)CC1)c1ccccc1. The average molecular weight is 415 g/mol. The van der Waals surface area contributed by atoms with Crippen molar-refractivity contribution >= 4 is 23.0 Å². The number of aryl methyl sites for hydroxylation is 1. The number of para-hydroxylation sites is 2. The molecule has 0 radical (unpaired) electrons. The highest BCUT2D eigenvalue weighted by molar-refractivity contribution is 5.80. The maximum Gasteiger partial charge on any atom is 0.298 e. The Balaban J connectivity index is 1.27. The summed E-state index contributed by atoms with van der Waals surface area (Å²) in [6.45, 7) is 1.48. The van der Waals surface area contributed by atoms with Crippen LogP contribution in [0.25, 0.3) is 11.1 Å². The van der Waals surface area contributed by atoms with Gasteiger partial charge in [0.05, 0.1) is 0 Å². The van der Waals surface area contributed by atoms with Crippen molar-refractivity contribution in [1.29, 1.82) is 0 Å². The van der Waals surface area contributed by atoms with Crippen LogP contribution in [0.5, 0.6) is 0 Å². The topological polar surface area (TPSA) is 76.2 Å². The molecule has 2 aromatic heterocycles. The number of oxazole rings is 1. The summed E-state index contributed by atoms with van der Waals surface area (Å²) in [5.41, 5.74) is 2.67. The van der Waals surface area contributed by atoms with E-state index in [2.05, 4.69) is 20.2 Å². The van der Waals surface area contributed by atoms with E-state index >= 15 is 0 Å². The average Bonchev–Trinajstić information content (AvgIpc) is 3.44. The second-order valence-electron chi connectivity index (χ2n) is 7.97. The van der Waals surface area contributed by atoms with Gasteiger partial charge in [-0.2, -0.15) is 4.98 Å². The molecule has 0 bridgehead atoms. The minimum Gasteiger partial charge on any atom is -0.423 e. The number of nitrogens with zero attached hydrogens (tertiary/aromatic N) is 4. The number of carbonyl (C=O) groups is 1. The van der Waals surface area contributed by atoms with Crippen LogP contribution in [0.15, 0.2) is 71.4 Å². The zero-order valence-electron chi connectivity index (χ0n) is 17.4. The molecule has 1 unspecified atom stereocenters. The Morgan fingerprint density at radius 1 is 1.10 bits per heavy atom. The molecule has 158 valence electrons. The van der Waals surface area contributed by atoms with Gasteiger partial charge in [0, 0.05) is 38.4 Å². The lowest BCUT2D eigenvalue weighted by Gasteiger charge is -2.31. The van der Waals surface area contributed by atoms with Crippen LogP contribution in [0.3, 0.4) is 0 Å². The summed E-state index contributed by atoms with van der Waals surface area (Å²) in [5, 5.41) is 3.24. The van der Waals surface area contributed by atoms with Crippen molar-refractivity contribution in [3.05, 3.63) is 78.4 Å². The summed E-state index contributed by atoms with van der Waals surface area (Å²) in [7, 11) is 1.95. The number of aromatic nitrogens is 3. The van der Waals surface area contributed by atoms with Crippen molar-refractivity contribution in [2.24, 2.45) is 13.0 Å². The first-order valence-electron chi connectivity index (χ1n) is 10.6.